The Morgan fingerprint density at radius 2 is 2.13 bits per heavy atom. The summed E-state index contributed by atoms with van der Waals surface area (Å²) in [6, 6.07) is 6.08. The Balaban J connectivity index is 2.66. The SMILES string of the molecule is Cc1cccc(NCC(C)C(N)=O)c1C. The molecule has 0 saturated heterocycles. The molecular weight excluding hydrogens is 188 g/mol. The van der Waals surface area contributed by atoms with Crippen molar-refractivity contribution in [2.24, 2.45) is 11.7 Å². The minimum atomic E-state index is -0.271. The van der Waals surface area contributed by atoms with Crippen molar-refractivity contribution < 1.29 is 4.79 Å². The van der Waals surface area contributed by atoms with E-state index in [2.05, 4.69) is 25.2 Å². The lowest BCUT2D eigenvalue weighted by Crippen LogP contribution is -2.26. The largest absolute Gasteiger partial charge is 0.384 e. The number of nitrogens with one attached hydrogen (secondary N) is 1. The van der Waals surface area contributed by atoms with Gasteiger partial charge in [0.2, 0.25) is 5.91 Å². The fraction of sp³-hybridized carbons (Fsp3) is 0.417. The van der Waals surface area contributed by atoms with Crippen LogP contribution in [0.1, 0.15) is 18.1 Å². The highest BCUT2D eigenvalue weighted by Gasteiger charge is 2.08. The van der Waals surface area contributed by atoms with Crippen LogP contribution in [0.25, 0.3) is 0 Å². The van der Waals surface area contributed by atoms with Crippen LogP contribution in [0.15, 0.2) is 18.2 Å². The molecule has 1 unspecified atom stereocenters. The molecule has 0 bridgehead atoms. The Kier molecular flexibility index (Phi) is 3.72. The number of carbonyl (C=O) groups excluding carboxylic acids is 1. The second-order valence-electron chi connectivity index (χ2n) is 3.93. The second kappa shape index (κ2) is 4.82. The predicted octanol–water partition coefficient (Wildman–Crippen LogP) is 1.84. The molecule has 0 aliphatic heterocycles. The van der Waals surface area contributed by atoms with Crippen LogP contribution in [0.2, 0.25) is 0 Å². The van der Waals surface area contributed by atoms with Crippen LogP contribution < -0.4 is 11.1 Å². The summed E-state index contributed by atoms with van der Waals surface area (Å²) in [7, 11) is 0. The zero-order chi connectivity index (χ0) is 11.4. The smallest absolute Gasteiger partial charge is 0.222 e. The molecule has 82 valence electrons. The standard InChI is InChI=1S/C12H18N2O/c1-8-5-4-6-11(10(8)3)14-7-9(2)12(13)15/h4-6,9,14H,7H2,1-3H3,(H2,13,15). The molecule has 1 amide bonds. The maximum absolute atomic E-state index is 10.9. The lowest BCUT2D eigenvalue weighted by atomic mass is 10.1. The van der Waals surface area contributed by atoms with Crippen molar-refractivity contribution in [1.82, 2.24) is 0 Å². The van der Waals surface area contributed by atoms with Crippen molar-refractivity contribution in [2.75, 3.05) is 11.9 Å². The van der Waals surface area contributed by atoms with E-state index in [1.54, 1.807) is 0 Å². The van der Waals surface area contributed by atoms with Crippen molar-refractivity contribution in [1.29, 1.82) is 0 Å². The minimum absolute atomic E-state index is 0.148. The van der Waals surface area contributed by atoms with Gasteiger partial charge in [-0.15, -0.1) is 0 Å². The first-order valence-electron chi connectivity index (χ1n) is 5.11. The van der Waals surface area contributed by atoms with Gasteiger partial charge in [0.15, 0.2) is 0 Å². The fourth-order valence-electron chi connectivity index (χ4n) is 1.31. The van der Waals surface area contributed by atoms with Crippen molar-refractivity contribution >= 4 is 11.6 Å². The first kappa shape index (κ1) is 11.6. The van der Waals surface area contributed by atoms with Crippen molar-refractivity contribution in [3.8, 4) is 0 Å². The third-order valence-electron chi connectivity index (χ3n) is 2.69. The van der Waals surface area contributed by atoms with Crippen LogP contribution in [0.4, 0.5) is 5.69 Å². The highest BCUT2D eigenvalue weighted by atomic mass is 16.1. The van der Waals surface area contributed by atoms with Crippen LogP contribution in [-0.2, 0) is 4.79 Å². The van der Waals surface area contributed by atoms with Crippen LogP contribution >= 0.6 is 0 Å². The number of amides is 1. The van der Waals surface area contributed by atoms with E-state index in [1.807, 2.05) is 19.1 Å². The second-order valence-corrected chi connectivity index (χ2v) is 3.93. The third-order valence-corrected chi connectivity index (χ3v) is 2.69. The normalized spacial score (nSPS) is 12.2. The van der Waals surface area contributed by atoms with Crippen molar-refractivity contribution in [2.45, 2.75) is 20.8 Å². The van der Waals surface area contributed by atoms with E-state index in [9.17, 15) is 4.79 Å². The van der Waals surface area contributed by atoms with Gasteiger partial charge in [0.05, 0.1) is 5.92 Å². The van der Waals surface area contributed by atoms with Crippen molar-refractivity contribution in [3.05, 3.63) is 29.3 Å². The Morgan fingerprint density at radius 1 is 1.47 bits per heavy atom. The third kappa shape index (κ3) is 2.98. The van der Waals surface area contributed by atoms with E-state index in [4.69, 9.17) is 5.73 Å². The monoisotopic (exact) mass is 206 g/mol. The van der Waals surface area contributed by atoms with Crippen LogP contribution in [0, 0.1) is 19.8 Å². The number of hydrogen-bond acceptors (Lipinski definition) is 2. The van der Waals surface area contributed by atoms with Gasteiger partial charge in [-0.2, -0.15) is 0 Å². The Bertz CT molecular complexity index is 361. The maximum atomic E-state index is 10.9. The lowest BCUT2D eigenvalue weighted by molar-refractivity contribution is -0.120. The summed E-state index contributed by atoms with van der Waals surface area (Å²) < 4.78 is 0. The predicted molar refractivity (Wildman–Crippen MR) is 62.8 cm³/mol. The molecule has 0 aromatic heterocycles. The van der Waals surface area contributed by atoms with E-state index in [0.29, 0.717) is 6.54 Å². The van der Waals surface area contributed by atoms with Crippen LogP contribution in [0.5, 0.6) is 0 Å². The van der Waals surface area contributed by atoms with Gasteiger partial charge >= 0.3 is 0 Å². The summed E-state index contributed by atoms with van der Waals surface area (Å²) >= 11 is 0. The summed E-state index contributed by atoms with van der Waals surface area (Å²) in [5.74, 6) is -0.419. The molecule has 3 heteroatoms. The molecule has 1 atom stereocenters. The molecule has 1 aromatic carbocycles. The molecule has 1 rings (SSSR count). The average molecular weight is 206 g/mol. The maximum Gasteiger partial charge on any atom is 0.222 e. The number of rotatable bonds is 4. The number of hydrogen-bond donors (Lipinski definition) is 2. The fourth-order valence-corrected chi connectivity index (χ4v) is 1.31. The first-order valence-corrected chi connectivity index (χ1v) is 5.11. The molecule has 0 radical (unpaired) electrons. The zero-order valence-corrected chi connectivity index (χ0v) is 9.50. The Morgan fingerprint density at radius 3 is 2.73 bits per heavy atom. The topological polar surface area (TPSA) is 55.1 Å². The number of aryl methyl sites for hydroxylation is 1. The molecule has 0 fully saturated rings. The molecule has 0 saturated carbocycles. The van der Waals surface area contributed by atoms with E-state index in [-0.39, 0.29) is 11.8 Å². The summed E-state index contributed by atoms with van der Waals surface area (Å²) in [4.78, 5) is 10.9. The molecule has 0 spiro atoms. The molecule has 3 nitrogen and oxygen atoms in total. The van der Waals surface area contributed by atoms with E-state index in [0.717, 1.165) is 5.69 Å². The van der Waals surface area contributed by atoms with E-state index >= 15 is 0 Å². The highest BCUT2D eigenvalue weighted by Crippen LogP contribution is 2.18. The summed E-state index contributed by atoms with van der Waals surface area (Å²) in [5.41, 5.74) is 8.72. The molecule has 0 aliphatic rings. The quantitative estimate of drug-likeness (QED) is 0.789. The first-order chi connectivity index (χ1) is 7.02. The van der Waals surface area contributed by atoms with Crippen LogP contribution in [0.3, 0.4) is 0 Å². The molecule has 0 aliphatic carbocycles. The van der Waals surface area contributed by atoms with Gasteiger partial charge in [-0.05, 0) is 31.0 Å². The Hall–Kier alpha value is -1.51. The van der Waals surface area contributed by atoms with Gasteiger partial charge in [-0.25, -0.2) is 0 Å². The minimum Gasteiger partial charge on any atom is -0.384 e. The van der Waals surface area contributed by atoms with Gasteiger partial charge in [-0.3, -0.25) is 4.79 Å². The molecule has 15 heavy (non-hydrogen) atoms. The molecule has 0 heterocycles. The number of primary amides is 1. The van der Waals surface area contributed by atoms with E-state index < -0.39 is 0 Å². The van der Waals surface area contributed by atoms with Gasteiger partial charge < -0.3 is 11.1 Å². The number of nitrogens with two attached hydrogens (primary N) is 1. The highest BCUT2D eigenvalue weighted by molar-refractivity contribution is 5.77. The average Bonchev–Trinajstić information content (AvgIpc) is 2.19. The van der Waals surface area contributed by atoms with Gasteiger partial charge in [0, 0.05) is 12.2 Å². The number of anilines is 1. The summed E-state index contributed by atoms with van der Waals surface area (Å²) in [5, 5.41) is 3.23. The van der Waals surface area contributed by atoms with Crippen LogP contribution in [-0.4, -0.2) is 12.5 Å². The zero-order valence-electron chi connectivity index (χ0n) is 9.50. The van der Waals surface area contributed by atoms with Gasteiger partial charge in [-0.1, -0.05) is 19.1 Å². The van der Waals surface area contributed by atoms with Gasteiger partial charge in [0.1, 0.15) is 0 Å². The summed E-state index contributed by atoms with van der Waals surface area (Å²) in [6.45, 7) is 6.53. The number of carbonyl (C=O) groups is 1. The molecular formula is C12H18N2O. The molecule has 1 aromatic rings. The van der Waals surface area contributed by atoms with Gasteiger partial charge in [0.25, 0.3) is 0 Å². The number of benzene rings is 1. The summed E-state index contributed by atoms with van der Waals surface area (Å²) in [6.07, 6.45) is 0. The van der Waals surface area contributed by atoms with E-state index in [1.165, 1.54) is 11.1 Å². The lowest BCUT2D eigenvalue weighted by Gasteiger charge is -2.13. The Labute approximate surface area is 90.7 Å². The van der Waals surface area contributed by atoms with Crippen molar-refractivity contribution in [3.63, 3.8) is 0 Å². The molecule has 3 N–H and O–H groups in total.